The smallest absolute Gasteiger partial charge is 0.238 e. The van der Waals surface area contributed by atoms with Crippen molar-refractivity contribution in [3.05, 3.63) is 42.1 Å². The van der Waals surface area contributed by atoms with E-state index in [9.17, 15) is 0 Å². The molecule has 0 aliphatic heterocycles. The molecule has 1 N–H and O–H groups in total. The van der Waals surface area contributed by atoms with Gasteiger partial charge in [0.1, 0.15) is 11.5 Å². The minimum absolute atomic E-state index is 0.423. The summed E-state index contributed by atoms with van der Waals surface area (Å²) in [5.41, 5.74) is 0.891. The van der Waals surface area contributed by atoms with Crippen molar-refractivity contribution in [3.63, 3.8) is 0 Å². The molecular weight excluding hydrogens is 266 g/mol. The molecule has 0 fully saturated rings. The molecule has 0 bridgehead atoms. The van der Waals surface area contributed by atoms with Crippen LogP contribution in [0.15, 0.2) is 36.4 Å². The van der Waals surface area contributed by atoms with Crippen LogP contribution < -0.4 is 14.8 Å². The Morgan fingerprint density at radius 1 is 1.00 bits per heavy atom. The zero-order chi connectivity index (χ0) is 15.1. The molecular formula is C16H21N3O2. The molecule has 0 saturated heterocycles. The summed E-state index contributed by atoms with van der Waals surface area (Å²) in [4.78, 5) is 0. The van der Waals surface area contributed by atoms with Gasteiger partial charge in [0.15, 0.2) is 0 Å². The third-order valence-corrected chi connectivity index (χ3v) is 2.74. The van der Waals surface area contributed by atoms with Crippen LogP contribution in [0.4, 0.5) is 0 Å². The quantitative estimate of drug-likeness (QED) is 0.847. The number of hydrogen-bond donors (Lipinski definition) is 1. The first-order valence-electron chi connectivity index (χ1n) is 7.14. The molecule has 0 atom stereocenters. The molecule has 21 heavy (non-hydrogen) atoms. The standard InChI is InChI=1S/C16H21N3O2/c1-4-20-14-6-8-15(9-7-14)21-16-10-5-13(18-19-16)11-17-12(2)3/h5-10,12,17H,4,11H2,1-3H3. The molecule has 0 radical (unpaired) electrons. The summed E-state index contributed by atoms with van der Waals surface area (Å²) in [6.45, 7) is 7.49. The predicted octanol–water partition coefficient (Wildman–Crippen LogP) is 3.17. The summed E-state index contributed by atoms with van der Waals surface area (Å²) in [5.74, 6) is 2.01. The van der Waals surface area contributed by atoms with Crippen LogP contribution in [0.1, 0.15) is 26.5 Å². The van der Waals surface area contributed by atoms with E-state index in [4.69, 9.17) is 9.47 Å². The first kappa shape index (κ1) is 15.3. The van der Waals surface area contributed by atoms with E-state index in [1.54, 1.807) is 0 Å². The van der Waals surface area contributed by atoms with Crippen molar-refractivity contribution in [2.45, 2.75) is 33.4 Å². The normalized spacial score (nSPS) is 10.7. The fraction of sp³-hybridized carbons (Fsp3) is 0.375. The average molecular weight is 287 g/mol. The molecule has 1 aromatic carbocycles. The predicted molar refractivity (Wildman–Crippen MR) is 81.7 cm³/mol. The first-order valence-corrected chi connectivity index (χ1v) is 7.14. The van der Waals surface area contributed by atoms with Crippen LogP contribution >= 0.6 is 0 Å². The van der Waals surface area contributed by atoms with Gasteiger partial charge in [-0.05, 0) is 37.3 Å². The molecule has 0 aliphatic carbocycles. The molecule has 2 rings (SSSR count). The van der Waals surface area contributed by atoms with Crippen LogP contribution in [-0.2, 0) is 6.54 Å². The van der Waals surface area contributed by atoms with Crippen molar-refractivity contribution in [2.75, 3.05) is 6.61 Å². The molecule has 0 saturated carbocycles. The number of benzene rings is 1. The number of rotatable bonds is 7. The fourth-order valence-electron chi connectivity index (χ4n) is 1.70. The molecule has 0 spiro atoms. The molecule has 2 aromatic rings. The summed E-state index contributed by atoms with van der Waals surface area (Å²) in [6.07, 6.45) is 0. The zero-order valence-corrected chi connectivity index (χ0v) is 12.7. The SMILES string of the molecule is CCOc1ccc(Oc2ccc(CNC(C)C)nn2)cc1. The Hall–Kier alpha value is -2.14. The molecule has 0 aliphatic rings. The molecule has 1 aromatic heterocycles. The Labute approximate surface area is 125 Å². The lowest BCUT2D eigenvalue weighted by Gasteiger charge is -2.08. The van der Waals surface area contributed by atoms with Gasteiger partial charge in [0, 0.05) is 18.7 Å². The average Bonchev–Trinajstić information content (AvgIpc) is 2.49. The number of nitrogens with zero attached hydrogens (tertiary/aromatic N) is 2. The van der Waals surface area contributed by atoms with Gasteiger partial charge in [-0.3, -0.25) is 0 Å². The van der Waals surface area contributed by atoms with Crippen molar-refractivity contribution >= 4 is 0 Å². The van der Waals surface area contributed by atoms with Crippen LogP contribution in [0.3, 0.4) is 0 Å². The van der Waals surface area contributed by atoms with E-state index in [1.807, 2.05) is 43.3 Å². The van der Waals surface area contributed by atoms with Gasteiger partial charge in [0.25, 0.3) is 0 Å². The third-order valence-electron chi connectivity index (χ3n) is 2.74. The van der Waals surface area contributed by atoms with Gasteiger partial charge < -0.3 is 14.8 Å². The second kappa shape index (κ2) is 7.59. The van der Waals surface area contributed by atoms with Gasteiger partial charge in [0.05, 0.1) is 12.3 Å². The van der Waals surface area contributed by atoms with Crippen molar-refractivity contribution < 1.29 is 9.47 Å². The van der Waals surface area contributed by atoms with Crippen LogP contribution in [0, 0.1) is 0 Å². The van der Waals surface area contributed by atoms with E-state index in [0.717, 1.165) is 11.4 Å². The van der Waals surface area contributed by atoms with Crippen LogP contribution in [0.5, 0.6) is 17.4 Å². The van der Waals surface area contributed by atoms with Crippen molar-refractivity contribution in [3.8, 4) is 17.4 Å². The zero-order valence-electron chi connectivity index (χ0n) is 12.7. The maximum atomic E-state index is 5.64. The van der Waals surface area contributed by atoms with Gasteiger partial charge in [-0.15, -0.1) is 5.10 Å². The summed E-state index contributed by atoms with van der Waals surface area (Å²) >= 11 is 0. The highest BCUT2D eigenvalue weighted by Gasteiger charge is 2.02. The Kier molecular flexibility index (Phi) is 5.51. The lowest BCUT2D eigenvalue weighted by Crippen LogP contribution is -2.22. The van der Waals surface area contributed by atoms with E-state index in [2.05, 4.69) is 29.4 Å². The van der Waals surface area contributed by atoms with Crippen LogP contribution in [0.2, 0.25) is 0 Å². The summed E-state index contributed by atoms with van der Waals surface area (Å²) in [6, 6.07) is 11.6. The monoisotopic (exact) mass is 287 g/mol. The van der Waals surface area contributed by atoms with E-state index in [0.29, 0.717) is 30.8 Å². The van der Waals surface area contributed by atoms with Gasteiger partial charge in [-0.1, -0.05) is 13.8 Å². The Bertz CT molecular complexity index is 538. The van der Waals surface area contributed by atoms with Gasteiger partial charge in [-0.2, -0.15) is 5.10 Å². The first-order chi connectivity index (χ1) is 10.2. The third kappa shape index (κ3) is 5.04. The van der Waals surface area contributed by atoms with Crippen LogP contribution in [-0.4, -0.2) is 22.8 Å². The highest BCUT2D eigenvalue weighted by atomic mass is 16.5. The number of aromatic nitrogens is 2. The summed E-state index contributed by atoms with van der Waals surface area (Å²) in [7, 11) is 0. The van der Waals surface area contributed by atoms with Crippen molar-refractivity contribution in [1.82, 2.24) is 15.5 Å². The summed E-state index contributed by atoms with van der Waals surface area (Å²) in [5, 5.41) is 11.5. The molecule has 0 unspecified atom stereocenters. The van der Waals surface area contributed by atoms with E-state index < -0.39 is 0 Å². The largest absolute Gasteiger partial charge is 0.494 e. The maximum Gasteiger partial charge on any atom is 0.238 e. The van der Waals surface area contributed by atoms with E-state index >= 15 is 0 Å². The molecule has 5 heteroatoms. The molecule has 5 nitrogen and oxygen atoms in total. The second-order valence-corrected chi connectivity index (χ2v) is 4.90. The fourth-order valence-corrected chi connectivity index (χ4v) is 1.70. The highest BCUT2D eigenvalue weighted by Crippen LogP contribution is 2.22. The highest BCUT2D eigenvalue weighted by molar-refractivity contribution is 5.33. The number of ether oxygens (including phenoxy) is 2. The Balaban J connectivity index is 1.93. The van der Waals surface area contributed by atoms with E-state index in [-0.39, 0.29) is 0 Å². The minimum atomic E-state index is 0.423. The Morgan fingerprint density at radius 3 is 2.29 bits per heavy atom. The maximum absolute atomic E-state index is 5.64. The van der Waals surface area contributed by atoms with Crippen LogP contribution in [0.25, 0.3) is 0 Å². The van der Waals surface area contributed by atoms with Crippen molar-refractivity contribution in [1.29, 1.82) is 0 Å². The molecule has 112 valence electrons. The number of nitrogens with one attached hydrogen (secondary N) is 1. The van der Waals surface area contributed by atoms with Gasteiger partial charge in [0.2, 0.25) is 5.88 Å². The molecule has 1 heterocycles. The topological polar surface area (TPSA) is 56.3 Å². The Morgan fingerprint density at radius 2 is 1.71 bits per heavy atom. The minimum Gasteiger partial charge on any atom is -0.494 e. The molecule has 0 amide bonds. The lowest BCUT2D eigenvalue weighted by atomic mass is 10.3. The summed E-state index contributed by atoms with van der Waals surface area (Å²) < 4.78 is 11.0. The lowest BCUT2D eigenvalue weighted by molar-refractivity contribution is 0.339. The van der Waals surface area contributed by atoms with Gasteiger partial charge in [-0.25, -0.2) is 0 Å². The van der Waals surface area contributed by atoms with E-state index in [1.165, 1.54) is 0 Å². The number of hydrogen-bond acceptors (Lipinski definition) is 5. The second-order valence-electron chi connectivity index (χ2n) is 4.90. The van der Waals surface area contributed by atoms with Crippen molar-refractivity contribution in [2.24, 2.45) is 0 Å². The van der Waals surface area contributed by atoms with Gasteiger partial charge >= 0.3 is 0 Å².